The highest BCUT2D eigenvalue weighted by Gasteiger charge is 2.12. The summed E-state index contributed by atoms with van der Waals surface area (Å²) in [6.45, 7) is 0. The largest absolute Gasteiger partial charge is 0.497 e. The van der Waals surface area contributed by atoms with E-state index >= 15 is 0 Å². The van der Waals surface area contributed by atoms with Crippen molar-refractivity contribution in [3.05, 3.63) is 47.9 Å². The van der Waals surface area contributed by atoms with E-state index in [4.69, 9.17) is 14.3 Å². The molecule has 100 valence electrons. The van der Waals surface area contributed by atoms with E-state index in [9.17, 15) is 9.00 Å². The fourth-order valence-electron chi connectivity index (χ4n) is 1.51. The molecule has 0 spiro atoms. The van der Waals surface area contributed by atoms with Crippen molar-refractivity contribution in [2.75, 3.05) is 7.11 Å². The molecule has 1 heterocycles. The molecule has 19 heavy (non-hydrogen) atoms. The Morgan fingerprint density at radius 2 is 1.95 bits per heavy atom. The molecule has 1 aromatic heterocycles. The molecule has 2 aromatic rings. The molecule has 0 bridgehead atoms. The van der Waals surface area contributed by atoms with E-state index in [0.717, 1.165) is 0 Å². The van der Waals surface area contributed by atoms with E-state index < -0.39 is 16.8 Å². The van der Waals surface area contributed by atoms with Crippen molar-refractivity contribution >= 4 is 16.8 Å². The normalized spacial score (nSPS) is 12.1. The van der Waals surface area contributed by atoms with Gasteiger partial charge in [-0.25, -0.2) is 4.79 Å². The third-order valence-corrected chi connectivity index (χ3v) is 3.81. The number of furan rings is 1. The third kappa shape index (κ3) is 3.23. The van der Waals surface area contributed by atoms with Gasteiger partial charge in [-0.05, 0) is 36.4 Å². The average molecular weight is 280 g/mol. The molecule has 6 heteroatoms. The van der Waals surface area contributed by atoms with Crippen molar-refractivity contribution in [3.8, 4) is 5.75 Å². The Balaban J connectivity index is 2.08. The first-order valence-corrected chi connectivity index (χ1v) is 6.76. The Labute approximate surface area is 112 Å². The SMILES string of the molecule is COc1ccc([S@](=O)Cc2ccc(C(=O)O)o2)cc1. The molecule has 0 saturated heterocycles. The monoisotopic (exact) mass is 280 g/mol. The van der Waals surface area contributed by atoms with Crippen molar-refractivity contribution in [2.45, 2.75) is 10.6 Å². The van der Waals surface area contributed by atoms with Gasteiger partial charge in [0.25, 0.3) is 0 Å². The average Bonchev–Trinajstić information content (AvgIpc) is 2.87. The quantitative estimate of drug-likeness (QED) is 0.909. The van der Waals surface area contributed by atoms with E-state index in [2.05, 4.69) is 0 Å². The first kappa shape index (κ1) is 13.4. The number of carboxylic acids is 1. The van der Waals surface area contributed by atoms with Crippen LogP contribution in [0.15, 0.2) is 45.7 Å². The number of carboxylic acid groups (broad SMARTS) is 1. The lowest BCUT2D eigenvalue weighted by Crippen LogP contribution is -1.96. The summed E-state index contributed by atoms with van der Waals surface area (Å²) in [5.41, 5.74) is 0. The number of aromatic carboxylic acids is 1. The third-order valence-electron chi connectivity index (χ3n) is 2.47. The Morgan fingerprint density at radius 3 is 2.47 bits per heavy atom. The number of benzene rings is 1. The fourth-order valence-corrected chi connectivity index (χ4v) is 2.53. The van der Waals surface area contributed by atoms with Crippen LogP contribution >= 0.6 is 0 Å². The second-order valence-electron chi connectivity index (χ2n) is 3.74. The zero-order valence-electron chi connectivity index (χ0n) is 10.2. The number of rotatable bonds is 5. The lowest BCUT2D eigenvalue weighted by molar-refractivity contribution is 0.0661. The highest BCUT2D eigenvalue weighted by molar-refractivity contribution is 7.84. The standard InChI is InChI=1S/C13H12O5S/c1-17-9-2-5-11(6-3-9)19(16)8-10-4-7-12(18-10)13(14)15/h2-7H,8H2,1H3,(H,14,15)/t19-/m1/s1. The lowest BCUT2D eigenvalue weighted by atomic mass is 10.3. The highest BCUT2D eigenvalue weighted by Crippen LogP contribution is 2.18. The van der Waals surface area contributed by atoms with E-state index in [1.807, 2.05) is 0 Å². The van der Waals surface area contributed by atoms with Gasteiger partial charge in [0.05, 0.1) is 23.7 Å². The van der Waals surface area contributed by atoms with Crippen LogP contribution in [0.25, 0.3) is 0 Å². The van der Waals surface area contributed by atoms with Crippen molar-refractivity contribution in [1.82, 2.24) is 0 Å². The van der Waals surface area contributed by atoms with Crippen LogP contribution in [0.4, 0.5) is 0 Å². The van der Waals surface area contributed by atoms with Gasteiger partial charge in [0.15, 0.2) is 0 Å². The molecule has 0 radical (unpaired) electrons. The van der Waals surface area contributed by atoms with Crippen LogP contribution in [-0.4, -0.2) is 22.4 Å². The predicted octanol–water partition coefficient (Wildman–Crippen LogP) is 2.29. The second-order valence-corrected chi connectivity index (χ2v) is 5.19. The molecule has 0 aliphatic carbocycles. The summed E-state index contributed by atoms with van der Waals surface area (Å²) in [7, 11) is 0.271. The molecule has 0 unspecified atom stereocenters. The topological polar surface area (TPSA) is 76.7 Å². The number of hydrogen-bond acceptors (Lipinski definition) is 4. The van der Waals surface area contributed by atoms with Crippen LogP contribution in [0, 0.1) is 0 Å². The van der Waals surface area contributed by atoms with Crippen LogP contribution in [-0.2, 0) is 16.6 Å². The molecule has 2 rings (SSSR count). The predicted molar refractivity (Wildman–Crippen MR) is 68.8 cm³/mol. The molecule has 0 aliphatic heterocycles. The molecule has 1 atom stereocenters. The number of methoxy groups -OCH3 is 1. The molecule has 0 saturated carbocycles. The van der Waals surface area contributed by atoms with Gasteiger partial charge >= 0.3 is 5.97 Å². The second kappa shape index (κ2) is 5.71. The lowest BCUT2D eigenvalue weighted by Gasteiger charge is -2.02. The van der Waals surface area contributed by atoms with E-state index in [1.54, 1.807) is 31.4 Å². The zero-order valence-corrected chi connectivity index (χ0v) is 11.0. The van der Waals surface area contributed by atoms with Crippen LogP contribution in [0.2, 0.25) is 0 Å². The van der Waals surface area contributed by atoms with Gasteiger partial charge in [-0.2, -0.15) is 0 Å². The molecule has 0 aliphatic rings. The van der Waals surface area contributed by atoms with Gasteiger partial charge in [0.1, 0.15) is 11.5 Å². The van der Waals surface area contributed by atoms with Crippen LogP contribution in [0.5, 0.6) is 5.75 Å². The molecule has 1 aromatic carbocycles. The van der Waals surface area contributed by atoms with Crippen molar-refractivity contribution in [3.63, 3.8) is 0 Å². The smallest absolute Gasteiger partial charge is 0.371 e. The van der Waals surface area contributed by atoms with Crippen LogP contribution in [0.3, 0.4) is 0 Å². The first-order valence-electron chi connectivity index (χ1n) is 5.44. The number of ether oxygens (including phenoxy) is 1. The molecule has 1 N–H and O–H groups in total. The highest BCUT2D eigenvalue weighted by atomic mass is 32.2. The number of hydrogen-bond donors (Lipinski definition) is 1. The van der Waals surface area contributed by atoms with E-state index in [-0.39, 0.29) is 11.5 Å². The van der Waals surface area contributed by atoms with Crippen LogP contribution in [0.1, 0.15) is 16.3 Å². The van der Waals surface area contributed by atoms with E-state index in [1.165, 1.54) is 12.1 Å². The van der Waals surface area contributed by atoms with Crippen molar-refractivity contribution in [1.29, 1.82) is 0 Å². The summed E-state index contributed by atoms with van der Waals surface area (Å²) in [6, 6.07) is 9.72. The van der Waals surface area contributed by atoms with Gasteiger partial charge in [-0.1, -0.05) is 0 Å². The number of carbonyl (C=O) groups is 1. The molecule has 5 nitrogen and oxygen atoms in total. The first-order chi connectivity index (χ1) is 9.10. The van der Waals surface area contributed by atoms with E-state index in [0.29, 0.717) is 16.4 Å². The Bertz CT molecular complexity index is 600. The Kier molecular flexibility index (Phi) is 4.01. The van der Waals surface area contributed by atoms with Crippen molar-refractivity contribution in [2.24, 2.45) is 0 Å². The van der Waals surface area contributed by atoms with Crippen LogP contribution < -0.4 is 4.74 Å². The molecule has 0 fully saturated rings. The minimum atomic E-state index is -1.29. The summed E-state index contributed by atoms with van der Waals surface area (Å²) in [6.07, 6.45) is 0. The summed E-state index contributed by atoms with van der Waals surface area (Å²) in [5.74, 6) is -0.0822. The molecular formula is C13H12O5S. The molecule has 0 amide bonds. The molecular weight excluding hydrogens is 268 g/mol. The van der Waals surface area contributed by atoms with Crippen molar-refractivity contribution < 1.29 is 23.3 Å². The van der Waals surface area contributed by atoms with Gasteiger partial charge in [0.2, 0.25) is 5.76 Å². The summed E-state index contributed by atoms with van der Waals surface area (Å²) < 4.78 is 22.1. The van der Waals surface area contributed by atoms with Gasteiger partial charge in [0, 0.05) is 4.90 Å². The summed E-state index contributed by atoms with van der Waals surface area (Å²) in [4.78, 5) is 11.3. The summed E-state index contributed by atoms with van der Waals surface area (Å²) in [5, 5.41) is 8.72. The van der Waals surface area contributed by atoms with Gasteiger partial charge < -0.3 is 14.3 Å². The maximum absolute atomic E-state index is 12.1. The maximum Gasteiger partial charge on any atom is 0.371 e. The maximum atomic E-state index is 12.1. The fraction of sp³-hybridized carbons (Fsp3) is 0.154. The Morgan fingerprint density at radius 1 is 1.26 bits per heavy atom. The van der Waals surface area contributed by atoms with Gasteiger partial charge in [-0.3, -0.25) is 4.21 Å². The Hall–Kier alpha value is -2.08. The minimum absolute atomic E-state index is 0.139. The van der Waals surface area contributed by atoms with Gasteiger partial charge in [-0.15, -0.1) is 0 Å². The minimum Gasteiger partial charge on any atom is -0.497 e. The zero-order chi connectivity index (χ0) is 13.8. The summed E-state index contributed by atoms with van der Waals surface area (Å²) >= 11 is 0.